The van der Waals surface area contributed by atoms with Crippen LogP contribution in [-0.2, 0) is 0 Å². The highest BCUT2D eigenvalue weighted by atomic mass is 16.2. The second-order valence-electron chi connectivity index (χ2n) is 6.22. The summed E-state index contributed by atoms with van der Waals surface area (Å²) >= 11 is 0. The van der Waals surface area contributed by atoms with Crippen molar-refractivity contribution in [2.45, 2.75) is 20.8 Å². The molecule has 6 heteroatoms. The summed E-state index contributed by atoms with van der Waals surface area (Å²) in [5.41, 5.74) is 5.42. The third kappa shape index (κ3) is 4.80. The number of nitrogens with zero attached hydrogens (tertiary/aromatic N) is 2. The molecule has 0 saturated heterocycles. The fourth-order valence-electron chi connectivity index (χ4n) is 2.59. The van der Waals surface area contributed by atoms with E-state index in [1.54, 1.807) is 0 Å². The monoisotopic (exact) mass is 347 g/mol. The van der Waals surface area contributed by atoms with Crippen LogP contribution in [0, 0.1) is 20.8 Å². The van der Waals surface area contributed by atoms with Crippen LogP contribution in [0.4, 0.5) is 27.7 Å². The van der Waals surface area contributed by atoms with E-state index >= 15 is 0 Å². The van der Waals surface area contributed by atoms with Gasteiger partial charge in [0.2, 0.25) is 0 Å². The van der Waals surface area contributed by atoms with Gasteiger partial charge in [0.25, 0.3) is 0 Å². The minimum atomic E-state index is -0.278. The normalized spacial score (nSPS) is 10.3. The van der Waals surface area contributed by atoms with E-state index < -0.39 is 0 Å². The largest absolute Gasteiger partial charge is 0.339 e. The predicted molar refractivity (Wildman–Crippen MR) is 105 cm³/mol. The highest BCUT2D eigenvalue weighted by Crippen LogP contribution is 2.18. The highest BCUT2D eigenvalue weighted by Gasteiger charge is 2.04. The Labute approximate surface area is 152 Å². The van der Waals surface area contributed by atoms with E-state index in [0.717, 1.165) is 28.2 Å². The molecule has 0 spiro atoms. The Morgan fingerprint density at radius 1 is 0.731 bits per heavy atom. The number of hydrogen-bond donors (Lipinski definition) is 3. The number of rotatable bonds is 4. The Morgan fingerprint density at radius 2 is 1.35 bits per heavy atom. The van der Waals surface area contributed by atoms with Gasteiger partial charge >= 0.3 is 6.03 Å². The predicted octanol–water partition coefficient (Wildman–Crippen LogP) is 4.79. The summed E-state index contributed by atoms with van der Waals surface area (Å²) in [5.74, 6) is 0.670. The maximum absolute atomic E-state index is 12.2. The number of carbonyl (C=O) groups excluding carboxylic acids is 1. The molecule has 132 valence electrons. The number of amides is 2. The lowest BCUT2D eigenvalue weighted by molar-refractivity contribution is 0.262. The van der Waals surface area contributed by atoms with Gasteiger partial charge in [0, 0.05) is 17.1 Å². The van der Waals surface area contributed by atoms with Crippen LogP contribution in [0.15, 0.2) is 54.6 Å². The molecule has 0 radical (unpaired) electrons. The molecule has 1 aromatic heterocycles. The van der Waals surface area contributed by atoms with E-state index in [-0.39, 0.29) is 6.03 Å². The fraction of sp³-hybridized carbons (Fsp3) is 0.150. The SMILES string of the molecule is Cc1cc(C)cc(NC(=O)Nc2ccc(Nc3ccc(C)nn3)cc2)c1. The maximum Gasteiger partial charge on any atom is 0.323 e. The van der Waals surface area contributed by atoms with E-state index in [0.29, 0.717) is 11.5 Å². The number of nitrogens with one attached hydrogen (secondary N) is 3. The van der Waals surface area contributed by atoms with Gasteiger partial charge in [-0.25, -0.2) is 4.79 Å². The molecule has 3 rings (SSSR count). The first-order chi connectivity index (χ1) is 12.5. The van der Waals surface area contributed by atoms with Gasteiger partial charge in [0.1, 0.15) is 0 Å². The second kappa shape index (κ2) is 7.65. The first-order valence-electron chi connectivity index (χ1n) is 8.32. The lowest BCUT2D eigenvalue weighted by Crippen LogP contribution is -2.19. The Hall–Kier alpha value is -3.41. The lowest BCUT2D eigenvalue weighted by atomic mass is 10.1. The molecule has 0 atom stereocenters. The lowest BCUT2D eigenvalue weighted by Gasteiger charge is -2.10. The zero-order valence-corrected chi connectivity index (χ0v) is 15.0. The Balaban J connectivity index is 1.59. The van der Waals surface area contributed by atoms with Gasteiger partial charge in [-0.3, -0.25) is 0 Å². The molecule has 1 heterocycles. The first-order valence-corrected chi connectivity index (χ1v) is 8.32. The number of urea groups is 1. The van der Waals surface area contributed by atoms with Crippen LogP contribution >= 0.6 is 0 Å². The van der Waals surface area contributed by atoms with Gasteiger partial charge < -0.3 is 16.0 Å². The van der Waals surface area contributed by atoms with Crippen molar-refractivity contribution in [2.24, 2.45) is 0 Å². The van der Waals surface area contributed by atoms with Gasteiger partial charge in [-0.1, -0.05) is 6.07 Å². The van der Waals surface area contributed by atoms with Gasteiger partial charge in [-0.15, -0.1) is 5.10 Å². The van der Waals surface area contributed by atoms with E-state index in [4.69, 9.17) is 0 Å². The number of benzene rings is 2. The summed E-state index contributed by atoms with van der Waals surface area (Å²) in [4.78, 5) is 12.2. The molecule has 0 unspecified atom stereocenters. The van der Waals surface area contributed by atoms with Crippen LogP contribution in [0.1, 0.15) is 16.8 Å². The van der Waals surface area contributed by atoms with Crippen LogP contribution in [0.3, 0.4) is 0 Å². The molecule has 26 heavy (non-hydrogen) atoms. The molecule has 0 aliphatic carbocycles. The van der Waals surface area contributed by atoms with Gasteiger partial charge in [-0.2, -0.15) is 5.10 Å². The minimum Gasteiger partial charge on any atom is -0.339 e. The molecule has 0 saturated carbocycles. The Bertz CT molecular complexity index is 884. The van der Waals surface area contributed by atoms with Gasteiger partial charge in [0.05, 0.1) is 5.69 Å². The van der Waals surface area contributed by atoms with Crippen molar-refractivity contribution >= 4 is 28.9 Å². The van der Waals surface area contributed by atoms with Crippen molar-refractivity contribution in [3.8, 4) is 0 Å². The third-order valence-corrected chi connectivity index (χ3v) is 3.69. The summed E-state index contributed by atoms with van der Waals surface area (Å²) in [6.07, 6.45) is 0. The van der Waals surface area contributed by atoms with Crippen LogP contribution in [-0.4, -0.2) is 16.2 Å². The zero-order chi connectivity index (χ0) is 18.5. The van der Waals surface area contributed by atoms with Crippen LogP contribution in [0.25, 0.3) is 0 Å². The molecular formula is C20H21N5O. The second-order valence-corrected chi connectivity index (χ2v) is 6.22. The van der Waals surface area contributed by atoms with Gasteiger partial charge in [0.15, 0.2) is 5.82 Å². The van der Waals surface area contributed by atoms with E-state index in [9.17, 15) is 4.79 Å². The summed E-state index contributed by atoms with van der Waals surface area (Å²) < 4.78 is 0. The smallest absolute Gasteiger partial charge is 0.323 e. The maximum atomic E-state index is 12.2. The quantitative estimate of drug-likeness (QED) is 0.634. The van der Waals surface area contributed by atoms with Crippen molar-refractivity contribution < 1.29 is 4.79 Å². The Morgan fingerprint density at radius 3 is 1.96 bits per heavy atom. The average Bonchev–Trinajstić information content (AvgIpc) is 2.57. The van der Waals surface area contributed by atoms with Crippen molar-refractivity contribution in [3.05, 3.63) is 71.4 Å². The molecule has 3 aromatic rings. The summed E-state index contributed by atoms with van der Waals surface area (Å²) in [5, 5.41) is 16.9. The van der Waals surface area contributed by atoms with Crippen LogP contribution < -0.4 is 16.0 Å². The molecule has 0 fully saturated rings. The molecule has 6 nitrogen and oxygen atoms in total. The van der Waals surface area contributed by atoms with Gasteiger partial charge in [-0.05, 0) is 80.4 Å². The fourth-order valence-corrected chi connectivity index (χ4v) is 2.59. The number of anilines is 4. The highest BCUT2D eigenvalue weighted by molar-refractivity contribution is 5.99. The molecular weight excluding hydrogens is 326 g/mol. The van der Waals surface area contributed by atoms with Crippen molar-refractivity contribution in [3.63, 3.8) is 0 Å². The minimum absolute atomic E-state index is 0.278. The van der Waals surface area contributed by atoms with Crippen LogP contribution in [0.5, 0.6) is 0 Å². The molecule has 2 amide bonds. The number of aromatic nitrogens is 2. The molecule has 0 aliphatic rings. The molecule has 2 aromatic carbocycles. The third-order valence-electron chi connectivity index (χ3n) is 3.69. The zero-order valence-electron chi connectivity index (χ0n) is 15.0. The Kier molecular flexibility index (Phi) is 5.12. The van der Waals surface area contributed by atoms with Crippen molar-refractivity contribution in [2.75, 3.05) is 16.0 Å². The van der Waals surface area contributed by atoms with E-state index in [1.807, 2.05) is 69.3 Å². The first kappa shape index (κ1) is 17.4. The number of aryl methyl sites for hydroxylation is 3. The van der Waals surface area contributed by atoms with Crippen LogP contribution in [0.2, 0.25) is 0 Å². The van der Waals surface area contributed by atoms with Crippen molar-refractivity contribution in [1.82, 2.24) is 10.2 Å². The van der Waals surface area contributed by atoms with E-state index in [2.05, 4.69) is 32.2 Å². The summed E-state index contributed by atoms with van der Waals surface area (Å²) in [6, 6.07) is 16.8. The summed E-state index contributed by atoms with van der Waals surface area (Å²) in [7, 11) is 0. The van der Waals surface area contributed by atoms with E-state index in [1.165, 1.54) is 0 Å². The number of hydrogen-bond acceptors (Lipinski definition) is 4. The molecule has 0 bridgehead atoms. The average molecular weight is 347 g/mol. The standard InChI is InChI=1S/C20H21N5O/c1-13-10-14(2)12-18(11-13)23-20(26)22-17-7-5-16(6-8-17)21-19-9-4-15(3)24-25-19/h4-12H,1-3H3,(H,21,25)(H2,22,23,26). The summed E-state index contributed by atoms with van der Waals surface area (Å²) in [6.45, 7) is 5.89. The van der Waals surface area contributed by atoms with Crippen molar-refractivity contribution in [1.29, 1.82) is 0 Å². The molecule has 3 N–H and O–H groups in total. The molecule has 0 aliphatic heterocycles. The topological polar surface area (TPSA) is 78.9 Å². The number of carbonyl (C=O) groups is 1.